The summed E-state index contributed by atoms with van der Waals surface area (Å²) in [5.41, 5.74) is 1.76. The van der Waals surface area contributed by atoms with Gasteiger partial charge in [-0.25, -0.2) is 4.79 Å². The zero-order valence-corrected chi connectivity index (χ0v) is 13.9. The van der Waals surface area contributed by atoms with E-state index in [1.165, 1.54) is 11.3 Å². The number of benzene rings is 1. The summed E-state index contributed by atoms with van der Waals surface area (Å²) < 4.78 is 9.80. The van der Waals surface area contributed by atoms with Crippen LogP contribution in [0.4, 0.5) is 5.69 Å². The number of carbonyl (C=O) groups is 3. The molecule has 1 aromatic heterocycles. The summed E-state index contributed by atoms with van der Waals surface area (Å²) in [4.78, 5) is 34.9. The molecule has 7 heteroatoms. The Morgan fingerprint density at radius 3 is 2.46 bits per heavy atom. The SMILES string of the molecule is CCOC(=O)c1ccc(NC(=O)COC(=O)Cc2ccsc2)cc1. The molecule has 0 aliphatic heterocycles. The molecule has 24 heavy (non-hydrogen) atoms. The van der Waals surface area contributed by atoms with Crippen LogP contribution in [0.2, 0.25) is 0 Å². The summed E-state index contributed by atoms with van der Waals surface area (Å²) in [5, 5.41) is 6.31. The molecule has 0 spiro atoms. The van der Waals surface area contributed by atoms with Crippen LogP contribution in [0.5, 0.6) is 0 Å². The van der Waals surface area contributed by atoms with E-state index in [0.717, 1.165) is 5.56 Å². The average molecular weight is 347 g/mol. The normalized spacial score (nSPS) is 10.0. The van der Waals surface area contributed by atoms with Gasteiger partial charge in [-0.15, -0.1) is 0 Å². The average Bonchev–Trinajstić information content (AvgIpc) is 3.07. The predicted molar refractivity (Wildman–Crippen MR) is 90.0 cm³/mol. The van der Waals surface area contributed by atoms with Crippen LogP contribution < -0.4 is 5.32 Å². The second kappa shape index (κ2) is 8.83. The van der Waals surface area contributed by atoms with Gasteiger partial charge in [-0.3, -0.25) is 9.59 Å². The number of amides is 1. The number of hydrogen-bond donors (Lipinski definition) is 1. The molecule has 2 aromatic rings. The lowest BCUT2D eigenvalue weighted by Crippen LogP contribution is -2.21. The first-order valence-corrected chi connectivity index (χ1v) is 8.26. The number of hydrogen-bond acceptors (Lipinski definition) is 6. The van der Waals surface area contributed by atoms with Crippen molar-refractivity contribution in [1.29, 1.82) is 0 Å². The Kier molecular flexibility index (Phi) is 6.51. The van der Waals surface area contributed by atoms with E-state index in [9.17, 15) is 14.4 Å². The fraction of sp³-hybridized carbons (Fsp3) is 0.235. The van der Waals surface area contributed by atoms with Gasteiger partial charge in [-0.1, -0.05) is 0 Å². The van der Waals surface area contributed by atoms with Gasteiger partial charge in [0, 0.05) is 5.69 Å². The number of esters is 2. The molecular formula is C17H17NO5S. The molecule has 1 aromatic carbocycles. The molecule has 0 atom stereocenters. The molecule has 6 nitrogen and oxygen atoms in total. The van der Waals surface area contributed by atoms with Crippen molar-refractivity contribution in [3.05, 3.63) is 52.2 Å². The first-order valence-electron chi connectivity index (χ1n) is 7.32. The third-order valence-corrected chi connectivity index (χ3v) is 3.70. The van der Waals surface area contributed by atoms with Gasteiger partial charge < -0.3 is 14.8 Å². The van der Waals surface area contributed by atoms with E-state index in [2.05, 4.69) is 5.32 Å². The lowest BCUT2D eigenvalue weighted by Gasteiger charge is -2.07. The minimum Gasteiger partial charge on any atom is -0.462 e. The molecular weight excluding hydrogens is 330 g/mol. The van der Waals surface area contributed by atoms with Gasteiger partial charge in [0.15, 0.2) is 6.61 Å². The molecule has 0 aliphatic carbocycles. The minimum absolute atomic E-state index is 0.144. The van der Waals surface area contributed by atoms with E-state index in [1.807, 2.05) is 16.8 Å². The van der Waals surface area contributed by atoms with Crippen LogP contribution in [0.3, 0.4) is 0 Å². The highest BCUT2D eigenvalue weighted by atomic mass is 32.1. The maximum atomic E-state index is 11.8. The molecule has 0 bridgehead atoms. The summed E-state index contributed by atoms with van der Waals surface area (Å²) >= 11 is 1.49. The standard InChI is InChI=1S/C17H17NO5S/c1-2-22-17(21)13-3-5-14(6-4-13)18-15(19)10-23-16(20)9-12-7-8-24-11-12/h3-8,11H,2,9-10H2,1H3,(H,18,19). The third kappa shape index (κ3) is 5.51. The molecule has 126 valence electrons. The number of anilines is 1. The Morgan fingerprint density at radius 1 is 1.08 bits per heavy atom. The fourth-order valence-corrected chi connectivity index (χ4v) is 2.53. The van der Waals surface area contributed by atoms with Crippen LogP contribution in [0.1, 0.15) is 22.8 Å². The van der Waals surface area contributed by atoms with Crippen molar-refractivity contribution in [1.82, 2.24) is 0 Å². The highest BCUT2D eigenvalue weighted by Crippen LogP contribution is 2.11. The van der Waals surface area contributed by atoms with Crippen LogP contribution in [0, 0.1) is 0 Å². The number of carbonyl (C=O) groups excluding carboxylic acids is 3. The van der Waals surface area contributed by atoms with E-state index in [-0.39, 0.29) is 13.0 Å². The number of ether oxygens (including phenoxy) is 2. The van der Waals surface area contributed by atoms with Crippen LogP contribution in [0.25, 0.3) is 0 Å². The lowest BCUT2D eigenvalue weighted by molar-refractivity contribution is -0.146. The van der Waals surface area contributed by atoms with Crippen molar-refractivity contribution in [2.75, 3.05) is 18.5 Å². The summed E-state index contributed by atoms with van der Waals surface area (Å²) in [6, 6.07) is 8.10. The van der Waals surface area contributed by atoms with Gasteiger partial charge in [0.05, 0.1) is 18.6 Å². The van der Waals surface area contributed by atoms with Gasteiger partial charge in [0.2, 0.25) is 0 Å². The van der Waals surface area contributed by atoms with Crippen molar-refractivity contribution in [3.8, 4) is 0 Å². The van der Waals surface area contributed by atoms with Gasteiger partial charge in [-0.2, -0.15) is 11.3 Å². The van der Waals surface area contributed by atoms with Gasteiger partial charge in [0.25, 0.3) is 5.91 Å². The van der Waals surface area contributed by atoms with Crippen LogP contribution in [0.15, 0.2) is 41.1 Å². The van der Waals surface area contributed by atoms with Crippen molar-refractivity contribution in [2.24, 2.45) is 0 Å². The fourth-order valence-electron chi connectivity index (χ4n) is 1.86. The van der Waals surface area contributed by atoms with Crippen molar-refractivity contribution in [2.45, 2.75) is 13.3 Å². The van der Waals surface area contributed by atoms with Crippen molar-refractivity contribution < 1.29 is 23.9 Å². The van der Waals surface area contributed by atoms with E-state index in [0.29, 0.717) is 17.9 Å². The summed E-state index contributed by atoms with van der Waals surface area (Å²) in [7, 11) is 0. The van der Waals surface area contributed by atoms with Crippen LogP contribution >= 0.6 is 11.3 Å². The minimum atomic E-state index is -0.457. The molecule has 1 N–H and O–H groups in total. The van der Waals surface area contributed by atoms with E-state index in [1.54, 1.807) is 31.2 Å². The van der Waals surface area contributed by atoms with Crippen LogP contribution in [-0.2, 0) is 25.5 Å². The van der Waals surface area contributed by atoms with Crippen LogP contribution in [-0.4, -0.2) is 31.1 Å². The molecule has 0 fully saturated rings. The molecule has 2 rings (SSSR count). The monoisotopic (exact) mass is 347 g/mol. The first-order chi connectivity index (χ1) is 11.6. The molecule has 1 heterocycles. The lowest BCUT2D eigenvalue weighted by atomic mass is 10.2. The highest BCUT2D eigenvalue weighted by Gasteiger charge is 2.10. The number of rotatable bonds is 7. The van der Waals surface area contributed by atoms with Gasteiger partial charge in [-0.05, 0) is 53.6 Å². The van der Waals surface area contributed by atoms with Gasteiger partial charge in [0.1, 0.15) is 0 Å². The molecule has 0 aliphatic rings. The topological polar surface area (TPSA) is 81.7 Å². The molecule has 0 unspecified atom stereocenters. The van der Waals surface area contributed by atoms with Crippen molar-refractivity contribution >= 4 is 34.9 Å². The highest BCUT2D eigenvalue weighted by molar-refractivity contribution is 7.07. The molecule has 0 saturated carbocycles. The van der Waals surface area contributed by atoms with E-state index in [4.69, 9.17) is 9.47 Å². The molecule has 0 saturated heterocycles. The molecule has 0 radical (unpaired) electrons. The zero-order valence-electron chi connectivity index (χ0n) is 13.1. The first kappa shape index (κ1) is 17.7. The summed E-state index contributed by atoms with van der Waals surface area (Å²) in [5.74, 6) is -1.32. The largest absolute Gasteiger partial charge is 0.462 e. The Hall–Kier alpha value is -2.67. The Labute approximate surface area is 143 Å². The second-order valence-corrected chi connectivity index (χ2v) is 5.60. The Balaban J connectivity index is 1.77. The van der Waals surface area contributed by atoms with Crippen molar-refractivity contribution in [3.63, 3.8) is 0 Å². The van der Waals surface area contributed by atoms with E-state index >= 15 is 0 Å². The number of nitrogens with one attached hydrogen (secondary N) is 1. The summed E-state index contributed by atoms with van der Waals surface area (Å²) in [6.07, 6.45) is 0.144. The maximum absolute atomic E-state index is 11.8. The smallest absolute Gasteiger partial charge is 0.338 e. The quantitative estimate of drug-likeness (QED) is 0.779. The summed E-state index contributed by atoms with van der Waals surface area (Å²) in [6.45, 7) is 1.67. The maximum Gasteiger partial charge on any atom is 0.338 e. The van der Waals surface area contributed by atoms with Gasteiger partial charge >= 0.3 is 11.9 Å². The third-order valence-electron chi connectivity index (χ3n) is 2.97. The molecule has 1 amide bonds. The predicted octanol–water partition coefficient (Wildman–Crippen LogP) is 2.65. The number of thiophene rings is 1. The Morgan fingerprint density at radius 2 is 1.83 bits per heavy atom. The Bertz CT molecular complexity index is 694. The second-order valence-electron chi connectivity index (χ2n) is 4.82. The zero-order chi connectivity index (χ0) is 17.4. The van der Waals surface area contributed by atoms with E-state index < -0.39 is 17.8 Å².